The molecule has 1 aromatic heterocycles. The monoisotopic (exact) mass is 365 g/mol. The second-order valence-electron chi connectivity index (χ2n) is 4.10. The Morgan fingerprint density at radius 2 is 2.05 bits per heavy atom. The van der Waals surface area contributed by atoms with E-state index in [-0.39, 0.29) is 12.2 Å². The molecule has 0 aliphatic rings. The summed E-state index contributed by atoms with van der Waals surface area (Å²) in [6.07, 6.45) is -5.28. The van der Waals surface area contributed by atoms with Gasteiger partial charge in [0.1, 0.15) is 6.10 Å². The quantitative estimate of drug-likeness (QED) is 0.824. The maximum atomic E-state index is 12.9. The highest BCUT2D eigenvalue weighted by atomic mass is 79.9. The number of aliphatic hydroxyl groups is 1. The topological polar surface area (TPSA) is 32.3 Å². The van der Waals surface area contributed by atoms with Gasteiger partial charge in [0.15, 0.2) is 0 Å². The fraction of sp³-hybridized carbons (Fsp3) is 0.231. The Balaban J connectivity index is 2.13. The SMILES string of the molecule is OC(CNc1ccc(Br)cc1C(F)(F)F)c1cccs1. The van der Waals surface area contributed by atoms with E-state index >= 15 is 0 Å². The van der Waals surface area contributed by atoms with Crippen LogP contribution in [0.2, 0.25) is 0 Å². The lowest BCUT2D eigenvalue weighted by Crippen LogP contribution is -2.15. The number of aliphatic hydroxyl groups excluding tert-OH is 1. The van der Waals surface area contributed by atoms with E-state index in [1.54, 1.807) is 17.5 Å². The fourth-order valence-electron chi connectivity index (χ4n) is 1.69. The molecule has 0 bridgehead atoms. The second kappa shape index (κ2) is 6.15. The van der Waals surface area contributed by atoms with Crippen molar-refractivity contribution < 1.29 is 18.3 Å². The summed E-state index contributed by atoms with van der Waals surface area (Å²) in [5, 5.41) is 14.3. The van der Waals surface area contributed by atoms with Crippen molar-refractivity contribution in [3.63, 3.8) is 0 Å². The molecule has 0 saturated carbocycles. The first-order valence-corrected chi connectivity index (χ1v) is 7.37. The van der Waals surface area contributed by atoms with Crippen LogP contribution in [-0.2, 0) is 6.18 Å². The minimum atomic E-state index is -4.44. The highest BCUT2D eigenvalue weighted by Crippen LogP contribution is 2.36. The molecule has 0 amide bonds. The Labute approximate surface area is 126 Å². The summed E-state index contributed by atoms with van der Waals surface area (Å²) in [4.78, 5) is 0.711. The van der Waals surface area contributed by atoms with E-state index in [0.717, 1.165) is 6.07 Å². The highest BCUT2D eigenvalue weighted by Gasteiger charge is 2.33. The molecular weight excluding hydrogens is 355 g/mol. The second-order valence-corrected chi connectivity index (χ2v) is 5.99. The predicted molar refractivity (Wildman–Crippen MR) is 76.9 cm³/mol. The van der Waals surface area contributed by atoms with Crippen molar-refractivity contribution in [2.45, 2.75) is 12.3 Å². The largest absolute Gasteiger partial charge is 0.418 e. The van der Waals surface area contributed by atoms with Gasteiger partial charge in [0.25, 0.3) is 0 Å². The maximum Gasteiger partial charge on any atom is 0.418 e. The lowest BCUT2D eigenvalue weighted by Gasteiger charge is -2.16. The summed E-state index contributed by atoms with van der Waals surface area (Å²) in [6.45, 7) is 0.0191. The molecule has 0 fully saturated rings. The van der Waals surface area contributed by atoms with Gasteiger partial charge < -0.3 is 10.4 Å². The maximum absolute atomic E-state index is 12.9. The number of benzene rings is 1. The lowest BCUT2D eigenvalue weighted by molar-refractivity contribution is -0.137. The molecule has 0 spiro atoms. The third-order valence-corrected chi connectivity index (χ3v) is 4.11. The number of thiophene rings is 1. The van der Waals surface area contributed by atoms with Crippen molar-refractivity contribution in [1.82, 2.24) is 0 Å². The van der Waals surface area contributed by atoms with Crippen LogP contribution >= 0.6 is 27.3 Å². The van der Waals surface area contributed by atoms with Gasteiger partial charge in [-0.1, -0.05) is 22.0 Å². The summed E-state index contributed by atoms with van der Waals surface area (Å²) in [7, 11) is 0. The van der Waals surface area contributed by atoms with Crippen LogP contribution in [0.3, 0.4) is 0 Å². The number of anilines is 1. The van der Waals surface area contributed by atoms with Crippen LogP contribution in [0, 0.1) is 0 Å². The third kappa shape index (κ3) is 3.74. The first kappa shape index (κ1) is 15.3. The first-order chi connectivity index (χ1) is 9.38. The van der Waals surface area contributed by atoms with Gasteiger partial charge in [0, 0.05) is 21.6 Å². The van der Waals surface area contributed by atoms with Crippen molar-refractivity contribution in [1.29, 1.82) is 0 Å². The molecule has 1 heterocycles. The zero-order valence-electron chi connectivity index (χ0n) is 10.1. The zero-order valence-corrected chi connectivity index (χ0v) is 12.5. The van der Waals surface area contributed by atoms with Crippen molar-refractivity contribution in [3.8, 4) is 0 Å². The Morgan fingerprint density at radius 1 is 1.30 bits per heavy atom. The molecule has 2 N–H and O–H groups in total. The molecule has 1 atom stereocenters. The van der Waals surface area contributed by atoms with Crippen LogP contribution in [0.25, 0.3) is 0 Å². The molecule has 1 aromatic carbocycles. The van der Waals surface area contributed by atoms with Crippen LogP contribution in [0.4, 0.5) is 18.9 Å². The minimum Gasteiger partial charge on any atom is -0.386 e. The van der Waals surface area contributed by atoms with Gasteiger partial charge >= 0.3 is 6.18 Å². The van der Waals surface area contributed by atoms with Gasteiger partial charge in [-0.3, -0.25) is 0 Å². The summed E-state index contributed by atoms with van der Waals surface area (Å²) >= 11 is 4.38. The molecule has 0 aliphatic heterocycles. The molecule has 108 valence electrons. The van der Waals surface area contributed by atoms with Gasteiger partial charge in [-0.15, -0.1) is 11.3 Å². The lowest BCUT2D eigenvalue weighted by atomic mass is 10.1. The molecule has 0 aliphatic carbocycles. The predicted octanol–water partition coefficient (Wildman–Crippen LogP) is 4.67. The molecule has 0 radical (unpaired) electrons. The van der Waals surface area contributed by atoms with Gasteiger partial charge in [0.2, 0.25) is 0 Å². The van der Waals surface area contributed by atoms with Crippen LogP contribution in [-0.4, -0.2) is 11.7 Å². The number of nitrogens with one attached hydrogen (secondary N) is 1. The van der Waals surface area contributed by atoms with Gasteiger partial charge in [-0.25, -0.2) is 0 Å². The summed E-state index contributed by atoms with van der Waals surface area (Å²) in [5.41, 5.74) is -0.804. The summed E-state index contributed by atoms with van der Waals surface area (Å²) in [5.74, 6) is 0. The smallest absolute Gasteiger partial charge is 0.386 e. The average molecular weight is 366 g/mol. The number of rotatable bonds is 4. The van der Waals surface area contributed by atoms with Crippen LogP contribution in [0.15, 0.2) is 40.2 Å². The van der Waals surface area contributed by atoms with Crippen molar-refractivity contribution in [3.05, 3.63) is 50.6 Å². The van der Waals surface area contributed by atoms with E-state index in [1.807, 2.05) is 0 Å². The van der Waals surface area contributed by atoms with Gasteiger partial charge in [-0.2, -0.15) is 13.2 Å². The van der Waals surface area contributed by atoms with Gasteiger partial charge in [-0.05, 0) is 29.6 Å². The molecule has 7 heteroatoms. The minimum absolute atomic E-state index is 0.0191. The summed E-state index contributed by atoms with van der Waals surface area (Å²) < 4.78 is 39.1. The fourth-order valence-corrected chi connectivity index (χ4v) is 2.77. The normalized spacial score (nSPS) is 13.2. The van der Waals surface area contributed by atoms with Crippen molar-refractivity contribution >= 4 is 33.0 Å². The number of hydrogen-bond acceptors (Lipinski definition) is 3. The van der Waals surface area contributed by atoms with Crippen molar-refractivity contribution in [2.75, 3.05) is 11.9 Å². The van der Waals surface area contributed by atoms with E-state index in [9.17, 15) is 18.3 Å². The standard InChI is InChI=1S/C13H11BrF3NOS/c14-8-3-4-10(9(6-8)13(15,16)17)18-7-11(19)12-2-1-5-20-12/h1-6,11,18-19H,7H2. The van der Waals surface area contributed by atoms with E-state index in [2.05, 4.69) is 21.2 Å². The molecule has 0 saturated heterocycles. The average Bonchev–Trinajstić information content (AvgIpc) is 2.89. The van der Waals surface area contributed by atoms with E-state index in [1.165, 1.54) is 23.5 Å². The van der Waals surface area contributed by atoms with Crippen molar-refractivity contribution in [2.24, 2.45) is 0 Å². The molecule has 2 aromatic rings. The number of alkyl halides is 3. The van der Waals surface area contributed by atoms with Crippen LogP contribution < -0.4 is 5.32 Å². The number of halogens is 4. The Morgan fingerprint density at radius 3 is 2.65 bits per heavy atom. The highest BCUT2D eigenvalue weighted by molar-refractivity contribution is 9.10. The third-order valence-electron chi connectivity index (χ3n) is 2.64. The van der Waals surface area contributed by atoms with E-state index < -0.39 is 17.8 Å². The first-order valence-electron chi connectivity index (χ1n) is 5.70. The van der Waals surface area contributed by atoms with Crippen LogP contribution in [0.5, 0.6) is 0 Å². The molecule has 2 nitrogen and oxygen atoms in total. The van der Waals surface area contributed by atoms with E-state index in [4.69, 9.17) is 0 Å². The molecular formula is C13H11BrF3NOS. The Hall–Kier alpha value is -1.05. The molecule has 2 rings (SSSR count). The summed E-state index contributed by atoms with van der Waals surface area (Å²) in [6, 6.07) is 7.40. The molecule has 20 heavy (non-hydrogen) atoms. The van der Waals surface area contributed by atoms with Crippen LogP contribution in [0.1, 0.15) is 16.5 Å². The van der Waals surface area contributed by atoms with E-state index in [0.29, 0.717) is 9.35 Å². The Kier molecular flexibility index (Phi) is 4.72. The Bertz CT molecular complexity index is 571. The number of hydrogen-bond donors (Lipinski definition) is 2. The molecule has 1 unspecified atom stereocenters. The van der Waals surface area contributed by atoms with Gasteiger partial charge in [0.05, 0.1) is 5.56 Å². The zero-order chi connectivity index (χ0) is 14.8.